The van der Waals surface area contributed by atoms with Gasteiger partial charge in [0.05, 0.1) is 6.61 Å². The number of hydrogen-bond acceptors (Lipinski definition) is 3. The first-order chi connectivity index (χ1) is 8.66. The van der Waals surface area contributed by atoms with E-state index in [1.807, 2.05) is 0 Å². The fourth-order valence-electron chi connectivity index (χ4n) is 3.89. The van der Waals surface area contributed by atoms with Gasteiger partial charge in [0, 0.05) is 12.1 Å². The summed E-state index contributed by atoms with van der Waals surface area (Å²) >= 11 is 0. The number of nitrogens with one attached hydrogen (secondary N) is 1. The molecular formula is C15H31ClN2O. The average Bonchev–Trinajstić information content (AvgIpc) is 2.73. The molecule has 2 fully saturated rings. The standard InChI is InChI=1S/C15H30N2O.ClH/c1-13(2)10-15(12-18)6-3-9-17(15)11-14-4-7-16-8-5-14;/h13-14,16,18H,3-12H2,1-2H3;1H. The van der Waals surface area contributed by atoms with Crippen molar-refractivity contribution in [3.05, 3.63) is 0 Å². The Kier molecular flexibility index (Phi) is 7.09. The van der Waals surface area contributed by atoms with Gasteiger partial charge < -0.3 is 10.4 Å². The maximum absolute atomic E-state index is 9.91. The molecule has 0 aromatic carbocycles. The van der Waals surface area contributed by atoms with Crippen LogP contribution in [0, 0.1) is 11.8 Å². The van der Waals surface area contributed by atoms with E-state index in [9.17, 15) is 5.11 Å². The van der Waals surface area contributed by atoms with Crippen LogP contribution in [0.1, 0.15) is 46.0 Å². The number of piperidine rings is 1. The second-order valence-electron chi connectivity index (χ2n) is 6.72. The van der Waals surface area contributed by atoms with E-state index in [0.717, 1.165) is 12.3 Å². The zero-order valence-corrected chi connectivity index (χ0v) is 13.3. The number of hydrogen-bond donors (Lipinski definition) is 2. The van der Waals surface area contributed by atoms with Crippen molar-refractivity contribution in [1.82, 2.24) is 10.2 Å². The van der Waals surface area contributed by atoms with Crippen LogP contribution in [0.15, 0.2) is 0 Å². The van der Waals surface area contributed by atoms with Gasteiger partial charge in [-0.1, -0.05) is 13.8 Å². The minimum absolute atomic E-state index is 0. The second-order valence-corrected chi connectivity index (χ2v) is 6.72. The molecule has 0 amide bonds. The zero-order valence-electron chi connectivity index (χ0n) is 12.5. The van der Waals surface area contributed by atoms with Gasteiger partial charge in [-0.15, -0.1) is 12.4 Å². The molecule has 2 heterocycles. The topological polar surface area (TPSA) is 35.5 Å². The van der Waals surface area contributed by atoms with Gasteiger partial charge in [0.1, 0.15) is 0 Å². The van der Waals surface area contributed by atoms with Gasteiger partial charge in [-0.2, -0.15) is 0 Å². The van der Waals surface area contributed by atoms with Crippen molar-refractivity contribution in [2.24, 2.45) is 11.8 Å². The quantitative estimate of drug-likeness (QED) is 0.815. The van der Waals surface area contributed by atoms with E-state index in [1.54, 1.807) is 0 Å². The molecule has 1 atom stereocenters. The summed E-state index contributed by atoms with van der Waals surface area (Å²) in [5, 5.41) is 13.3. The highest BCUT2D eigenvalue weighted by molar-refractivity contribution is 5.85. The molecule has 114 valence electrons. The molecule has 2 aliphatic rings. The first-order valence-electron chi connectivity index (χ1n) is 7.73. The van der Waals surface area contributed by atoms with Crippen LogP contribution in [0.2, 0.25) is 0 Å². The van der Waals surface area contributed by atoms with Crippen LogP contribution in [0.4, 0.5) is 0 Å². The van der Waals surface area contributed by atoms with Crippen molar-refractivity contribution in [3.63, 3.8) is 0 Å². The molecule has 0 radical (unpaired) electrons. The number of halogens is 1. The number of likely N-dealkylation sites (tertiary alicyclic amines) is 1. The molecule has 0 aromatic rings. The predicted molar refractivity (Wildman–Crippen MR) is 82.9 cm³/mol. The number of aliphatic hydroxyl groups excluding tert-OH is 1. The molecule has 0 saturated carbocycles. The first-order valence-corrected chi connectivity index (χ1v) is 7.73. The van der Waals surface area contributed by atoms with Gasteiger partial charge in [-0.3, -0.25) is 4.90 Å². The number of nitrogens with zero attached hydrogens (tertiary/aromatic N) is 1. The lowest BCUT2D eigenvalue weighted by Crippen LogP contribution is -2.50. The Balaban J connectivity index is 0.00000180. The van der Waals surface area contributed by atoms with E-state index >= 15 is 0 Å². The Morgan fingerprint density at radius 2 is 2.00 bits per heavy atom. The Morgan fingerprint density at radius 1 is 1.32 bits per heavy atom. The Bertz CT molecular complexity index is 257. The summed E-state index contributed by atoms with van der Waals surface area (Å²) in [5.41, 5.74) is 0.0963. The third-order valence-corrected chi connectivity index (χ3v) is 4.76. The van der Waals surface area contributed by atoms with E-state index in [4.69, 9.17) is 0 Å². The number of rotatable bonds is 5. The Labute approximate surface area is 124 Å². The van der Waals surface area contributed by atoms with E-state index in [2.05, 4.69) is 24.1 Å². The first kappa shape index (κ1) is 17.2. The van der Waals surface area contributed by atoms with Gasteiger partial charge in [-0.05, 0) is 63.6 Å². The molecule has 0 bridgehead atoms. The van der Waals surface area contributed by atoms with Gasteiger partial charge >= 0.3 is 0 Å². The molecule has 2 saturated heterocycles. The minimum Gasteiger partial charge on any atom is -0.394 e. The highest BCUT2D eigenvalue weighted by atomic mass is 35.5. The van der Waals surface area contributed by atoms with Gasteiger partial charge in [0.2, 0.25) is 0 Å². The van der Waals surface area contributed by atoms with Crippen LogP contribution < -0.4 is 5.32 Å². The monoisotopic (exact) mass is 290 g/mol. The third-order valence-electron chi connectivity index (χ3n) is 4.76. The average molecular weight is 291 g/mol. The lowest BCUT2D eigenvalue weighted by Gasteiger charge is -2.41. The smallest absolute Gasteiger partial charge is 0.0615 e. The summed E-state index contributed by atoms with van der Waals surface area (Å²) in [6.45, 7) is 9.64. The lowest BCUT2D eigenvalue weighted by atomic mass is 9.86. The molecule has 0 spiro atoms. The zero-order chi connectivity index (χ0) is 13.0. The summed E-state index contributed by atoms with van der Waals surface area (Å²) < 4.78 is 0. The van der Waals surface area contributed by atoms with Crippen molar-refractivity contribution in [1.29, 1.82) is 0 Å². The molecule has 0 aromatic heterocycles. The molecule has 4 heteroatoms. The van der Waals surface area contributed by atoms with Crippen LogP contribution in [0.25, 0.3) is 0 Å². The van der Waals surface area contributed by atoms with Crippen molar-refractivity contribution in [3.8, 4) is 0 Å². The fourth-order valence-corrected chi connectivity index (χ4v) is 3.89. The highest BCUT2D eigenvalue weighted by Crippen LogP contribution is 2.36. The molecule has 2 aliphatic heterocycles. The minimum atomic E-state index is 0. The summed E-state index contributed by atoms with van der Waals surface area (Å²) in [4.78, 5) is 2.61. The van der Waals surface area contributed by atoms with Crippen LogP contribution in [0.5, 0.6) is 0 Å². The lowest BCUT2D eigenvalue weighted by molar-refractivity contribution is 0.0324. The van der Waals surface area contributed by atoms with Crippen LogP contribution in [-0.2, 0) is 0 Å². The molecule has 3 nitrogen and oxygen atoms in total. The molecule has 2 rings (SSSR count). The predicted octanol–water partition coefficient (Wildman–Crippen LogP) is 2.28. The van der Waals surface area contributed by atoms with Gasteiger partial charge in [0.15, 0.2) is 0 Å². The van der Waals surface area contributed by atoms with Crippen molar-refractivity contribution >= 4 is 12.4 Å². The second kappa shape index (κ2) is 7.82. The van der Waals surface area contributed by atoms with E-state index in [1.165, 1.54) is 51.9 Å². The van der Waals surface area contributed by atoms with E-state index in [0.29, 0.717) is 12.5 Å². The van der Waals surface area contributed by atoms with Gasteiger partial charge in [0.25, 0.3) is 0 Å². The summed E-state index contributed by atoms with van der Waals surface area (Å²) in [7, 11) is 0. The van der Waals surface area contributed by atoms with E-state index in [-0.39, 0.29) is 17.9 Å². The van der Waals surface area contributed by atoms with Gasteiger partial charge in [-0.25, -0.2) is 0 Å². The van der Waals surface area contributed by atoms with Crippen molar-refractivity contribution in [2.45, 2.75) is 51.5 Å². The summed E-state index contributed by atoms with van der Waals surface area (Å²) in [6.07, 6.45) is 6.21. The maximum Gasteiger partial charge on any atom is 0.0615 e. The SMILES string of the molecule is CC(C)CC1(CO)CCCN1CC1CCNCC1.Cl. The van der Waals surface area contributed by atoms with Crippen molar-refractivity contribution in [2.75, 3.05) is 32.8 Å². The summed E-state index contributed by atoms with van der Waals surface area (Å²) in [6, 6.07) is 0. The Hall–Kier alpha value is 0.170. The third kappa shape index (κ3) is 4.32. The molecular weight excluding hydrogens is 260 g/mol. The summed E-state index contributed by atoms with van der Waals surface area (Å²) in [5.74, 6) is 1.51. The van der Waals surface area contributed by atoms with Crippen LogP contribution in [-0.4, -0.2) is 48.3 Å². The van der Waals surface area contributed by atoms with E-state index < -0.39 is 0 Å². The molecule has 19 heavy (non-hydrogen) atoms. The highest BCUT2D eigenvalue weighted by Gasteiger charge is 2.41. The number of aliphatic hydroxyl groups is 1. The van der Waals surface area contributed by atoms with Crippen LogP contribution >= 0.6 is 12.4 Å². The molecule has 1 unspecified atom stereocenters. The fraction of sp³-hybridized carbons (Fsp3) is 1.00. The Morgan fingerprint density at radius 3 is 2.58 bits per heavy atom. The molecule has 2 N–H and O–H groups in total. The maximum atomic E-state index is 9.91. The van der Waals surface area contributed by atoms with Crippen molar-refractivity contribution < 1.29 is 5.11 Å². The normalized spacial score (nSPS) is 29.7. The van der Waals surface area contributed by atoms with Crippen LogP contribution in [0.3, 0.4) is 0 Å². The molecule has 0 aliphatic carbocycles. The largest absolute Gasteiger partial charge is 0.394 e.